The van der Waals surface area contributed by atoms with Crippen LogP contribution in [0.1, 0.15) is 35.7 Å². The first-order valence-electron chi connectivity index (χ1n) is 10.3. The normalized spacial score (nSPS) is 18.5. The molecule has 1 saturated heterocycles. The molecule has 1 aromatic carbocycles. The molecule has 6 nitrogen and oxygen atoms in total. The molecule has 1 fully saturated rings. The van der Waals surface area contributed by atoms with Crippen LogP contribution in [-0.2, 0) is 19.6 Å². The second kappa shape index (κ2) is 9.54. The van der Waals surface area contributed by atoms with Gasteiger partial charge >= 0.3 is 0 Å². The van der Waals surface area contributed by atoms with Crippen molar-refractivity contribution in [2.24, 2.45) is 0 Å². The van der Waals surface area contributed by atoms with Crippen molar-refractivity contribution >= 4 is 0 Å². The average Bonchev–Trinajstić information content (AvgIpc) is 3.04. The minimum absolute atomic E-state index is 0.226. The van der Waals surface area contributed by atoms with Crippen molar-refractivity contribution in [3.05, 3.63) is 46.8 Å². The van der Waals surface area contributed by atoms with E-state index in [9.17, 15) is 5.11 Å². The molecule has 1 aromatic heterocycles. The number of piperazine rings is 1. The number of hydrogen-bond acceptors (Lipinski definition) is 5. The molecule has 0 amide bonds. The van der Waals surface area contributed by atoms with Gasteiger partial charge in [-0.15, -0.1) is 0 Å². The summed E-state index contributed by atoms with van der Waals surface area (Å²) in [5, 5.41) is 14.1. The summed E-state index contributed by atoms with van der Waals surface area (Å²) in [7, 11) is 1.71. The molecule has 2 heterocycles. The molecular formula is C22H34N4O2. The van der Waals surface area contributed by atoms with E-state index in [1.54, 1.807) is 7.11 Å². The van der Waals surface area contributed by atoms with Crippen molar-refractivity contribution in [1.82, 2.24) is 19.6 Å². The maximum atomic E-state index is 9.60. The van der Waals surface area contributed by atoms with Gasteiger partial charge in [0, 0.05) is 63.2 Å². The van der Waals surface area contributed by atoms with E-state index in [0.717, 1.165) is 51.4 Å². The van der Waals surface area contributed by atoms with E-state index >= 15 is 0 Å². The lowest BCUT2D eigenvalue weighted by Gasteiger charge is -2.41. The smallest absolute Gasteiger partial charge is 0.121 e. The predicted octanol–water partition coefficient (Wildman–Crippen LogP) is 2.60. The Morgan fingerprint density at radius 3 is 2.68 bits per heavy atom. The highest BCUT2D eigenvalue weighted by Crippen LogP contribution is 2.23. The Balaban J connectivity index is 1.65. The third-order valence-electron chi connectivity index (χ3n) is 5.89. The van der Waals surface area contributed by atoms with Crippen molar-refractivity contribution in [1.29, 1.82) is 0 Å². The molecule has 0 radical (unpaired) electrons. The Hall–Kier alpha value is -1.89. The summed E-state index contributed by atoms with van der Waals surface area (Å²) in [5.74, 6) is 0.934. The molecule has 1 aliphatic heterocycles. The largest absolute Gasteiger partial charge is 0.496 e. The molecule has 154 valence electrons. The fraction of sp³-hybridized carbons (Fsp3) is 0.591. The van der Waals surface area contributed by atoms with Crippen molar-refractivity contribution < 1.29 is 9.84 Å². The Morgan fingerprint density at radius 1 is 1.21 bits per heavy atom. The van der Waals surface area contributed by atoms with Crippen LogP contribution in [0.5, 0.6) is 5.75 Å². The van der Waals surface area contributed by atoms with Crippen LogP contribution < -0.4 is 4.74 Å². The Morgan fingerprint density at radius 2 is 2.04 bits per heavy atom. The van der Waals surface area contributed by atoms with Crippen LogP contribution in [0.15, 0.2) is 24.4 Å². The average molecular weight is 387 g/mol. The summed E-state index contributed by atoms with van der Waals surface area (Å²) in [4.78, 5) is 5.01. The van der Waals surface area contributed by atoms with Crippen molar-refractivity contribution in [2.45, 2.75) is 52.9 Å². The maximum absolute atomic E-state index is 9.60. The van der Waals surface area contributed by atoms with Gasteiger partial charge < -0.3 is 9.84 Å². The standard InChI is InChI=1S/C22H34N4O2/c1-5-26-18(3)20(13-23-26)15-24-9-10-25(21(16-24)8-11-27)14-19-6-7-22(28-4)17(2)12-19/h6-7,12-13,21,27H,5,8-11,14-16H2,1-4H3. The van der Waals surface area contributed by atoms with Crippen LogP contribution in [0.25, 0.3) is 0 Å². The highest BCUT2D eigenvalue weighted by Gasteiger charge is 2.27. The molecule has 2 aromatic rings. The van der Waals surface area contributed by atoms with Gasteiger partial charge in [-0.3, -0.25) is 14.5 Å². The number of hydrogen-bond donors (Lipinski definition) is 1. The molecule has 0 spiro atoms. The molecule has 1 aliphatic rings. The molecule has 0 aliphatic carbocycles. The molecular weight excluding hydrogens is 352 g/mol. The monoisotopic (exact) mass is 386 g/mol. The van der Waals surface area contributed by atoms with Crippen molar-refractivity contribution in [3.63, 3.8) is 0 Å². The summed E-state index contributed by atoms with van der Waals surface area (Å²) in [5.41, 5.74) is 5.04. The van der Waals surface area contributed by atoms with Gasteiger partial charge in [0.05, 0.1) is 13.3 Å². The fourth-order valence-corrected chi connectivity index (χ4v) is 4.21. The SMILES string of the molecule is CCn1ncc(CN2CCN(Cc3ccc(OC)c(C)c3)C(CCO)C2)c1C. The molecule has 3 rings (SSSR count). The van der Waals surface area contributed by atoms with Gasteiger partial charge in [0.2, 0.25) is 0 Å². The number of ether oxygens (including phenoxy) is 1. The maximum Gasteiger partial charge on any atom is 0.121 e. The number of benzene rings is 1. The van der Waals surface area contributed by atoms with Crippen LogP contribution in [0.4, 0.5) is 0 Å². The quantitative estimate of drug-likeness (QED) is 0.756. The minimum atomic E-state index is 0.226. The van der Waals surface area contributed by atoms with Crippen molar-refractivity contribution in [2.75, 3.05) is 33.4 Å². The van der Waals surface area contributed by atoms with E-state index < -0.39 is 0 Å². The second-order valence-electron chi connectivity index (χ2n) is 7.75. The van der Waals surface area contributed by atoms with E-state index in [1.807, 2.05) is 6.20 Å². The zero-order valence-electron chi connectivity index (χ0n) is 17.7. The highest BCUT2D eigenvalue weighted by atomic mass is 16.5. The minimum Gasteiger partial charge on any atom is -0.496 e. The van der Waals surface area contributed by atoms with E-state index in [1.165, 1.54) is 22.4 Å². The first-order valence-corrected chi connectivity index (χ1v) is 10.3. The molecule has 0 saturated carbocycles. The number of aryl methyl sites for hydroxylation is 2. The highest BCUT2D eigenvalue weighted by molar-refractivity contribution is 5.36. The van der Waals surface area contributed by atoms with Gasteiger partial charge in [-0.1, -0.05) is 12.1 Å². The lowest BCUT2D eigenvalue weighted by molar-refractivity contribution is 0.0498. The zero-order valence-corrected chi connectivity index (χ0v) is 17.7. The van der Waals surface area contributed by atoms with Crippen LogP contribution in [0.3, 0.4) is 0 Å². The summed E-state index contributed by atoms with van der Waals surface area (Å²) < 4.78 is 7.44. The lowest BCUT2D eigenvalue weighted by atomic mass is 10.0. The number of aliphatic hydroxyl groups is 1. The van der Waals surface area contributed by atoms with E-state index in [2.05, 4.69) is 58.6 Å². The molecule has 1 unspecified atom stereocenters. The topological polar surface area (TPSA) is 53.8 Å². The van der Waals surface area contributed by atoms with Gasteiger partial charge in [-0.05, 0) is 44.4 Å². The Bertz CT molecular complexity index is 774. The predicted molar refractivity (Wildman–Crippen MR) is 112 cm³/mol. The summed E-state index contributed by atoms with van der Waals surface area (Å²) in [6, 6.07) is 6.78. The number of aliphatic hydroxyl groups excluding tert-OH is 1. The van der Waals surface area contributed by atoms with Gasteiger partial charge in [-0.2, -0.15) is 5.10 Å². The Kier molecular flexibility index (Phi) is 7.10. The van der Waals surface area contributed by atoms with Crippen molar-refractivity contribution in [3.8, 4) is 5.75 Å². The second-order valence-corrected chi connectivity index (χ2v) is 7.75. The molecule has 1 N–H and O–H groups in total. The van der Waals surface area contributed by atoms with E-state index in [-0.39, 0.29) is 6.61 Å². The molecule has 1 atom stereocenters. The molecule has 0 bridgehead atoms. The fourth-order valence-electron chi connectivity index (χ4n) is 4.21. The number of methoxy groups -OCH3 is 1. The van der Waals surface area contributed by atoms with Gasteiger partial charge in [0.1, 0.15) is 5.75 Å². The van der Waals surface area contributed by atoms with Gasteiger partial charge in [0.25, 0.3) is 0 Å². The van der Waals surface area contributed by atoms with Gasteiger partial charge in [0.15, 0.2) is 0 Å². The van der Waals surface area contributed by atoms with E-state index in [0.29, 0.717) is 6.04 Å². The summed E-state index contributed by atoms with van der Waals surface area (Å²) >= 11 is 0. The third-order valence-corrected chi connectivity index (χ3v) is 5.89. The zero-order chi connectivity index (χ0) is 20.1. The summed E-state index contributed by atoms with van der Waals surface area (Å²) in [6.07, 6.45) is 2.81. The number of aromatic nitrogens is 2. The van der Waals surface area contributed by atoms with Crippen LogP contribution in [0.2, 0.25) is 0 Å². The van der Waals surface area contributed by atoms with Crippen LogP contribution in [0, 0.1) is 13.8 Å². The first-order chi connectivity index (χ1) is 13.5. The lowest BCUT2D eigenvalue weighted by Crippen LogP contribution is -2.52. The number of nitrogens with zero attached hydrogens (tertiary/aromatic N) is 4. The Labute approximate surface area is 168 Å². The molecule has 28 heavy (non-hydrogen) atoms. The van der Waals surface area contributed by atoms with Gasteiger partial charge in [-0.25, -0.2) is 0 Å². The molecule has 6 heteroatoms. The van der Waals surface area contributed by atoms with Crippen LogP contribution >= 0.6 is 0 Å². The summed E-state index contributed by atoms with van der Waals surface area (Å²) in [6.45, 7) is 12.4. The first kappa shape index (κ1) is 20.8. The third kappa shape index (κ3) is 4.74. The number of rotatable bonds is 8. The van der Waals surface area contributed by atoms with Crippen LogP contribution in [-0.4, -0.2) is 64.1 Å². The van der Waals surface area contributed by atoms with E-state index in [4.69, 9.17) is 4.74 Å².